The molecule has 1 aliphatic rings. The Morgan fingerprint density at radius 3 is 2.75 bits per heavy atom. The molecule has 0 unspecified atom stereocenters. The molecule has 0 aliphatic carbocycles. The van der Waals surface area contributed by atoms with E-state index in [1.54, 1.807) is 11.8 Å². The first kappa shape index (κ1) is 11.1. The molecule has 0 saturated heterocycles. The van der Waals surface area contributed by atoms with Crippen LogP contribution >= 0.6 is 11.8 Å². The van der Waals surface area contributed by atoms with E-state index in [4.69, 9.17) is 4.74 Å². The molecule has 0 fully saturated rings. The molecular formula is C14H14OS. The Labute approximate surface area is 101 Å². The normalized spacial score (nSPS) is 20.1. The molecule has 0 atom stereocenters. The fraction of sp³-hybridized carbons (Fsp3) is 0.143. The van der Waals surface area contributed by atoms with Crippen molar-refractivity contribution in [3.63, 3.8) is 0 Å². The van der Waals surface area contributed by atoms with Gasteiger partial charge >= 0.3 is 0 Å². The average molecular weight is 230 g/mol. The minimum Gasteiger partial charge on any atom is -0.455 e. The lowest BCUT2D eigenvalue weighted by Gasteiger charge is -2.21. The molecule has 0 spiro atoms. The summed E-state index contributed by atoms with van der Waals surface area (Å²) in [5, 5.41) is 0. The van der Waals surface area contributed by atoms with Gasteiger partial charge in [0.05, 0.1) is 9.80 Å². The summed E-state index contributed by atoms with van der Waals surface area (Å²) in [5.41, 5.74) is 0. The van der Waals surface area contributed by atoms with Crippen molar-refractivity contribution in [1.29, 1.82) is 0 Å². The van der Waals surface area contributed by atoms with E-state index in [0.29, 0.717) is 0 Å². The Kier molecular flexibility index (Phi) is 3.52. The third-order valence-corrected chi connectivity index (χ3v) is 3.45. The molecule has 1 aromatic carbocycles. The van der Waals surface area contributed by atoms with E-state index in [1.807, 2.05) is 50.3 Å². The lowest BCUT2D eigenvalue weighted by Crippen LogP contribution is -2.03. The second-order valence-electron chi connectivity index (χ2n) is 3.36. The summed E-state index contributed by atoms with van der Waals surface area (Å²) in [7, 11) is 0. The highest BCUT2D eigenvalue weighted by Crippen LogP contribution is 2.43. The van der Waals surface area contributed by atoms with Crippen LogP contribution in [-0.2, 0) is 0 Å². The van der Waals surface area contributed by atoms with Gasteiger partial charge in [-0.2, -0.15) is 0 Å². The van der Waals surface area contributed by atoms with Crippen molar-refractivity contribution in [2.45, 2.75) is 18.7 Å². The summed E-state index contributed by atoms with van der Waals surface area (Å²) in [5.74, 6) is 1.86. The molecule has 0 bridgehead atoms. The van der Waals surface area contributed by atoms with Crippen molar-refractivity contribution in [3.8, 4) is 5.75 Å². The first-order valence-electron chi connectivity index (χ1n) is 5.29. The first-order valence-corrected chi connectivity index (χ1v) is 6.11. The first-order chi connectivity index (χ1) is 7.85. The van der Waals surface area contributed by atoms with Crippen molar-refractivity contribution < 1.29 is 4.74 Å². The van der Waals surface area contributed by atoms with Gasteiger partial charge in [-0.1, -0.05) is 42.1 Å². The standard InChI is InChI=1S/C14H14OS/c1-3-5-8-11-13(4-2)16-14-10-7-6-9-12(14)15-11/h3-10H,1-2H3/b5-3-,11-8+,13-4+. The highest BCUT2D eigenvalue weighted by molar-refractivity contribution is 8.03. The highest BCUT2D eigenvalue weighted by atomic mass is 32.2. The van der Waals surface area contributed by atoms with E-state index in [1.165, 1.54) is 4.90 Å². The number of thioether (sulfide) groups is 1. The highest BCUT2D eigenvalue weighted by Gasteiger charge is 2.18. The number of allylic oxidation sites excluding steroid dienone is 4. The molecular weight excluding hydrogens is 216 g/mol. The number of para-hydroxylation sites is 1. The maximum absolute atomic E-state index is 5.86. The minimum atomic E-state index is 0.921. The molecule has 16 heavy (non-hydrogen) atoms. The van der Waals surface area contributed by atoms with Crippen LogP contribution in [0.3, 0.4) is 0 Å². The summed E-state index contributed by atoms with van der Waals surface area (Å²) in [6.07, 6.45) is 8.07. The SMILES string of the molecule is C\C=C/C=C1/Oc2ccccc2S/C1=C/C. The molecule has 0 amide bonds. The van der Waals surface area contributed by atoms with Gasteiger partial charge in [0, 0.05) is 0 Å². The largest absolute Gasteiger partial charge is 0.455 e. The van der Waals surface area contributed by atoms with Crippen LogP contribution < -0.4 is 4.74 Å². The van der Waals surface area contributed by atoms with Crippen LogP contribution in [0.2, 0.25) is 0 Å². The van der Waals surface area contributed by atoms with Crippen molar-refractivity contribution >= 4 is 11.8 Å². The lowest BCUT2D eigenvalue weighted by molar-refractivity contribution is 0.427. The van der Waals surface area contributed by atoms with Gasteiger partial charge in [0.15, 0.2) is 0 Å². The van der Waals surface area contributed by atoms with E-state index in [0.717, 1.165) is 16.4 Å². The van der Waals surface area contributed by atoms with Crippen LogP contribution in [0.4, 0.5) is 0 Å². The van der Waals surface area contributed by atoms with Gasteiger partial charge in [0.2, 0.25) is 0 Å². The van der Waals surface area contributed by atoms with E-state index >= 15 is 0 Å². The van der Waals surface area contributed by atoms with Crippen molar-refractivity contribution in [1.82, 2.24) is 0 Å². The van der Waals surface area contributed by atoms with Crippen LogP contribution in [0, 0.1) is 0 Å². The van der Waals surface area contributed by atoms with Gasteiger partial charge in [-0.3, -0.25) is 0 Å². The van der Waals surface area contributed by atoms with Crippen LogP contribution in [0.5, 0.6) is 5.75 Å². The number of hydrogen-bond donors (Lipinski definition) is 0. The Balaban J connectivity index is 2.39. The fourth-order valence-corrected chi connectivity index (χ4v) is 2.38. The van der Waals surface area contributed by atoms with Crippen molar-refractivity contribution in [2.75, 3.05) is 0 Å². The molecule has 1 heterocycles. The molecule has 1 aliphatic heterocycles. The topological polar surface area (TPSA) is 9.23 Å². The number of rotatable bonds is 1. The third kappa shape index (κ3) is 2.22. The molecule has 2 rings (SSSR count). The lowest BCUT2D eigenvalue weighted by atomic mass is 10.3. The van der Waals surface area contributed by atoms with Gasteiger partial charge in [-0.15, -0.1) is 0 Å². The van der Waals surface area contributed by atoms with E-state index in [-0.39, 0.29) is 0 Å². The summed E-state index contributed by atoms with van der Waals surface area (Å²) < 4.78 is 5.86. The van der Waals surface area contributed by atoms with E-state index in [9.17, 15) is 0 Å². The molecule has 1 nitrogen and oxygen atoms in total. The van der Waals surface area contributed by atoms with Crippen molar-refractivity contribution in [2.24, 2.45) is 0 Å². The molecule has 82 valence electrons. The Hall–Kier alpha value is -1.41. The summed E-state index contributed by atoms with van der Waals surface area (Å²) in [6.45, 7) is 4.03. The Morgan fingerprint density at radius 1 is 1.19 bits per heavy atom. The molecule has 1 aromatic rings. The average Bonchev–Trinajstić information content (AvgIpc) is 2.35. The Bertz CT molecular complexity index is 469. The summed E-state index contributed by atoms with van der Waals surface area (Å²) >= 11 is 1.75. The van der Waals surface area contributed by atoms with Gasteiger partial charge in [-0.25, -0.2) is 0 Å². The van der Waals surface area contributed by atoms with Crippen LogP contribution in [0.15, 0.2) is 64.1 Å². The summed E-state index contributed by atoms with van der Waals surface area (Å²) in [4.78, 5) is 2.34. The molecule has 0 aromatic heterocycles. The van der Waals surface area contributed by atoms with E-state index < -0.39 is 0 Å². The molecule has 0 N–H and O–H groups in total. The second-order valence-corrected chi connectivity index (χ2v) is 4.44. The quantitative estimate of drug-likeness (QED) is 0.700. The van der Waals surface area contributed by atoms with E-state index in [2.05, 4.69) is 12.1 Å². The minimum absolute atomic E-state index is 0.921. The maximum atomic E-state index is 5.86. The maximum Gasteiger partial charge on any atom is 0.141 e. The van der Waals surface area contributed by atoms with Gasteiger partial charge < -0.3 is 4.74 Å². The Morgan fingerprint density at radius 2 is 2.00 bits per heavy atom. The summed E-state index contributed by atoms with van der Waals surface area (Å²) in [6, 6.07) is 8.10. The zero-order valence-electron chi connectivity index (χ0n) is 9.44. The number of fused-ring (bicyclic) bond motifs is 1. The predicted octanol–water partition coefficient (Wildman–Crippen LogP) is 4.53. The van der Waals surface area contributed by atoms with Gasteiger partial charge in [0.25, 0.3) is 0 Å². The molecule has 0 radical (unpaired) electrons. The number of ether oxygens (including phenoxy) is 1. The third-order valence-electron chi connectivity index (χ3n) is 2.23. The molecule has 2 heteroatoms. The van der Waals surface area contributed by atoms with Gasteiger partial charge in [-0.05, 0) is 32.1 Å². The predicted molar refractivity (Wildman–Crippen MR) is 69.6 cm³/mol. The van der Waals surface area contributed by atoms with Crippen LogP contribution in [0.1, 0.15) is 13.8 Å². The smallest absolute Gasteiger partial charge is 0.141 e. The molecule has 0 saturated carbocycles. The monoisotopic (exact) mass is 230 g/mol. The number of benzene rings is 1. The van der Waals surface area contributed by atoms with Crippen LogP contribution in [-0.4, -0.2) is 0 Å². The zero-order chi connectivity index (χ0) is 11.4. The zero-order valence-corrected chi connectivity index (χ0v) is 10.3. The number of hydrogen-bond acceptors (Lipinski definition) is 2. The van der Waals surface area contributed by atoms with Crippen molar-refractivity contribution in [3.05, 3.63) is 59.2 Å². The van der Waals surface area contributed by atoms with Crippen LogP contribution in [0.25, 0.3) is 0 Å². The fourth-order valence-electron chi connectivity index (χ4n) is 1.46. The van der Waals surface area contributed by atoms with Gasteiger partial charge in [0.1, 0.15) is 11.5 Å². The second kappa shape index (κ2) is 5.08.